The Hall–Kier alpha value is -2.43. The molecule has 124 valence electrons. The molecule has 1 N–H and O–H groups in total. The Morgan fingerprint density at radius 3 is 2.88 bits per heavy atom. The maximum atomic E-state index is 13.4. The van der Waals surface area contributed by atoms with Crippen LogP contribution in [0.2, 0.25) is 0 Å². The fourth-order valence-corrected chi connectivity index (χ4v) is 4.07. The van der Waals surface area contributed by atoms with Crippen molar-refractivity contribution in [2.45, 2.75) is 38.0 Å². The number of fused-ring (bicyclic) bond motifs is 5. The van der Waals surface area contributed by atoms with Crippen molar-refractivity contribution in [1.82, 2.24) is 4.98 Å². The van der Waals surface area contributed by atoms with Crippen LogP contribution in [-0.4, -0.2) is 17.6 Å². The number of esters is 1. The minimum atomic E-state index is -0.300. The van der Waals surface area contributed by atoms with E-state index in [1.165, 1.54) is 12.1 Å². The minimum Gasteiger partial charge on any atom is -0.462 e. The Kier molecular flexibility index (Phi) is 3.71. The summed E-state index contributed by atoms with van der Waals surface area (Å²) in [6.45, 7) is 2.16. The Balaban J connectivity index is 1.76. The van der Waals surface area contributed by atoms with Crippen LogP contribution in [0.1, 0.15) is 59.5 Å². The lowest BCUT2D eigenvalue weighted by atomic mass is 9.89. The number of rotatable bonds is 4. The van der Waals surface area contributed by atoms with Crippen LogP contribution in [0.4, 0.5) is 15.9 Å². The summed E-state index contributed by atoms with van der Waals surface area (Å²) in [5.41, 5.74) is 3.44. The summed E-state index contributed by atoms with van der Waals surface area (Å²) in [6, 6.07) is 6.33. The van der Waals surface area contributed by atoms with Gasteiger partial charge in [0.25, 0.3) is 0 Å². The van der Waals surface area contributed by atoms with Gasteiger partial charge in [-0.2, -0.15) is 0 Å². The minimum absolute atomic E-state index is 0.290. The highest BCUT2D eigenvalue weighted by atomic mass is 19.1. The van der Waals surface area contributed by atoms with Gasteiger partial charge in [-0.25, -0.2) is 14.2 Å². The maximum absolute atomic E-state index is 13.4. The SMILES string of the molecule is CCOC(=O)c1cnc(Nc2cccc(F)c2)c2c1C1CCC2C1. The lowest BCUT2D eigenvalue weighted by Crippen LogP contribution is -2.14. The fraction of sp³-hybridized carbons (Fsp3) is 0.368. The Labute approximate surface area is 140 Å². The van der Waals surface area contributed by atoms with Crippen molar-refractivity contribution in [3.63, 3.8) is 0 Å². The first-order chi connectivity index (χ1) is 11.7. The average Bonchev–Trinajstić information content (AvgIpc) is 3.17. The molecular formula is C19H19FN2O2. The Morgan fingerprint density at radius 1 is 1.33 bits per heavy atom. The van der Waals surface area contributed by atoms with Crippen molar-refractivity contribution in [3.8, 4) is 0 Å². The second kappa shape index (κ2) is 5.89. The fourth-order valence-electron chi connectivity index (χ4n) is 4.07. The van der Waals surface area contributed by atoms with E-state index in [1.54, 1.807) is 19.2 Å². The third kappa shape index (κ3) is 2.44. The zero-order valence-corrected chi connectivity index (χ0v) is 13.5. The molecule has 2 atom stereocenters. The van der Waals surface area contributed by atoms with Crippen molar-refractivity contribution >= 4 is 17.5 Å². The Morgan fingerprint density at radius 2 is 2.12 bits per heavy atom. The second-order valence-corrected chi connectivity index (χ2v) is 6.41. The lowest BCUT2D eigenvalue weighted by Gasteiger charge is -2.21. The smallest absolute Gasteiger partial charge is 0.339 e. The van der Waals surface area contributed by atoms with Crippen LogP contribution < -0.4 is 5.32 Å². The van der Waals surface area contributed by atoms with Gasteiger partial charge in [0.1, 0.15) is 11.6 Å². The number of carbonyl (C=O) groups is 1. The van der Waals surface area contributed by atoms with E-state index < -0.39 is 0 Å². The van der Waals surface area contributed by atoms with E-state index in [9.17, 15) is 9.18 Å². The van der Waals surface area contributed by atoms with Gasteiger partial charge in [0, 0.05) is 17.4 Å². The molecule has 2 aliphatic rings. The van der Waals surface area contributed by atoms with Gasteiger partial charge in [0.05, 0.1) is 12.2 Å². The maximum Gasteiger partial charge on any atom is 0.339 e. The molecule has 1 aromatic heterocycles. The molecule has 0 radical (unpaired) electrons. The number of nitrogens with zero attached hydrogens (tertiary/aromatic N) is 1. The molecule has 1 aromatic carbocycles. The number of benzene rings is 1. The van der Waals surface area contributed by atoms with Gasteiger partial charge in [-0.3, -0.25) is 0 Å². The summed E-state index contributed by atoms with van der Waals surface area (Å²) in [7, 11) is 0. The second-order valence-electron chi connectivity index (χ2n) is 6.41. The molecule has 2 aromatic rings. The molecule has 2 unspecified atom stereocenters. The van der Waals surface area contributed by atoms with Gasteiger partial charge in [0.2, 0.25) is 0 Å². The van der Waals surface area contributed by atoms with E-state index in [1.807, 2.05) is 6.07 Å². The zero-order valence-electron chi connectivity index (χ0n) is 13.5. The molecular weight excluding hydrogens is 307 g/mol. The van der Waals surface area contributed by atoms with Crippen molar-refractivity contribution in [1.29, 1.82) is 0 Å². The van der Waals surface area contributed by atoms with Crippen molar-refractivity contribution in [3.05, 3.63) is 53.0 Å². The number of aromatic nitrogens is 1. The van der Waals surface area contributed by atoms with Gasteiger partial charge >= 0.3 is 5.97 Å². The highest BCUT2D eigenvalue weighted by Gasteiger charge is 2.42. The summed E-state index contributed by atoms with van der Waals surface area (Å²) < 4.78 is 18.6. The molecule has 4 nitrogen and oxygen atoms in total. The molecule has 1 saturated carbocycles. The van der Waals surface area contributed by atoms with Gasteiger partial charge < -0.3 is 10.1 Å². The lowest BCUT2D eigenvalue weighted by molar-refractivity contribution is 0.0524. The number of hydrogen-bond donors (Lipinski definition) is 1. The largest absolute Gasteiger partial charge is 0.462 e. The molecule has 24 heavy (non-hydrogen) atoms. The number of carbonyl (C=O) groups excluding carboxylic acids is 1. The first-order valence-corrected chi connectivity index (χ1v) is 8.40. The van der Waals surface area contributed by atoms with E-state index in [-0.39, 0.29) is 11.8 Å². The van der Waals surface area contributed by atoms with E-state index >= 15 is 0 Å². The van der Waals surface area contributed by atoms with Crippen molar-refractivity contribution < 1.29 is 13.9 Å². The molecule has 0 amide bonds. The number of nitrogens with one attached hydrogen (secondary N) is 1. The highest BCUT2D eigenvalue weighted by molar-refractivity contribution is 5.92. The van der Waals surface area contributed by atoms with Crippen LogP contribution in [0, 0.1) is 5.82 Å². The van der Waals surface area contributed by atoms with Crippen LogP contribution in [0.3, 0.4) is 0 Å². The number of hydrogen-bond acceptors (Lipinski definition) is 4. The summed E-state index contributed by atoms with van der Waals surface area (Å²) in [6.07, 6.45) is 4.88. The predicted octanol–water partition coefficient (Wildman–Crippen LogP) is 4.51. The third-order valence-corrected chi connectivity index (χ3v) is 4.99. The van der Waals surface area contributed by atoms with Crippen LogP contribution in [-0.2, 0) is 4.74 Å². The quantitative estimate of drug-likeness (QED) is 0.840. The van der Waals surface area contributed by atoms with E-state index in [0.29, 0.717) is 29.7 Å². The number of ether oxygens (including phenoxy) is 1. The van der Waals surface area contributed by atoms with E-state index in [4.69, 9.17) is 4.74 Å². The molecule has 2 aliphatic carbocycles. The standard InChI is InChI=1S/C19H19FN2O2/c1-2-24-19(23)15-10-21-18(22-14-5-3-4-13(20)9-14)17-12-7-6-11(8-12)16(15)17/h3-5,9-12H,2,6-8H2,1H3,(H,21,22). The third-order valence-electron chi connectivity index (χ3n) is 4.99. The summed E-state index contributed by atoms with van der Waals surface area (Å²) >= 11 is 0. The van der Waals surface area contributed by atoms with Gasteiger partial charge in [-0.1, -0.05) is 6.07 Å². The monoisotopic (exact) mass is 326 g/mol. The molecule has 0 spiro atoms. The van der Waals surface area contributed by atoms with E-state index in [2.05, 4.69) is 10.3 Å². The van der Waals surface area contributed by atoms with Gasteiger partial charge in [-0.05, 0) is 61.8 Å². The summed E-state index contributed by atoms with van der Waals surface area (Å²) in [5.74, 6) is 0.965. The van der Waals surface area contributed by atoms with E-state index in [0.717, 1.165) is 36.2 Å². The summed E-state index contributed by atoms with van der Waals surface area (Å²) in [4.78, 5) is 16.7. The normalized spacial score (nSPS) is 20.8. The molecule has 0 aliphatic heterocycles. The number of halogens is 1. The van der Waals surface area contributed by atoms with Gasteiger partial charge in [0.15, 0.2) is 0 Å². The molecule has 5 heteroatoms. The zero-order chi connectivity index (χ0) is 16.7. The topological polar surface area (TPSA) is 51.2 Å². The van der Waals surface area contributed by atoms with Crippen molar-refractivity contribution in [2.75, 3.05) is 11.9 Å². The van der Waals surface area contributed by atoms with Gasteiger partial charge in [-0.15, -0.1) is 0 Å². The molecule has 4 rings (SSSR count). The number of pyridine rings is 1. The predicted molar refractivity (Wildman–Crippen MR) is 89.2 cm³/mol. The van der Waals surface area contributed by atoms with Crippen LogP contribution >= 0.6 is 0 Å². The van der Waals surface area contributed by atoms with Crippen molar-refractivity contribution in [2.24, 2.45) is 0 Å². The van der Waals surface area contributed by atoms with Crippen LogP contribution in [0.25, 0.3) is 0 Å². The molecule has 0 saturated heterocycles. The van der Waals surface area contributed by atoms with Crippen LogP contribution in [0.5, 0.6) is 0 Å². The Bertz CT molecular complexity index is 806. The molecule has 1 fully saturated rings. The summed E-state index contributed by atoms with van der Waals surface area (Å²) in [5, 5.41) is 3.22. The molecule has 2 bridgehead atoms. The highest BCUT2D eigenvalue weighted by Crippen LogP contribution is 2.56. The first-order valence-electron chi connectivity index (χ1n) is 8.40. The first kappa shape index (κ1) is 15.1. The number of anilines is 2. The average molecular weight is 326 g/mol. The molecule has 1 heterocycles. The van der Waals surface area contributed by atoms with Crippen LogP contribution in [0.15, 0.2) is 30.5 Å².